The highest BCUT2D eigenvalue weighted by atomic mass is 35.5. The van der Waals surface area contributed by atoms with E-state index in [1.807, 2.05) is 57.4 Å². The predicted octanol–water partition coefficient (Wildman–Crippen LogP) is 4.07. The molecule has 3 rings (SSSR count). The van der Waals surface area contributed by atoms with Crippen LogP contribution < -0.4 is 10.9 Å². The number of hydrogen-bond donors (Lipinski definition) is 1. The summed E-state index contributed by atoms with van der Waals surface area (Å²) in [4.78, 5) is 29.8. The Labute approximate surface area is 175 Å². The second-order valence-corrected chi connectivity index (χ2v) is 7.98. The Bertz CT molecular complexity index is 1130. The van der Waals surface area contributed by atoms with E-state index in [9.17, 15) is 9.59 Å². The normalized spacial score (nSPS) is 12.3. The SMILES string of the molecule is CC[C@@H](C)NC(=O)CCn1cnc2c(c(C)c(C)n2-c2cc(Cl)ccc2C)c1=O. The molecule has 1 aromatic carbocycles. The van der Waals surface area contributed by atoms with Crippen LogP contribution in [0.4, 0.5) is 0 Å². The summed E-state index contributed by atoms with van der Waals surface area (Å²) in [5.41, 5.74) is 4.26. The van der Waals surface area contributed by atoms with E-state index in [-0.39, 0.29) is 23.9 Å². The van der Waals surface area contributed by atoms with Crippen molar-refractivity contribution in [2.24, 2.45) is 0 Å². The predicted molar refractivity (Wildman–Crippen MR) is 117 cm³/mol. The number of nitrogens with one attached hydrogen (secondary N) is 1. The largest absolute Gasteiger partial charge is 0.354 e. The Hall–Kier alpha value is -2.60. The minimum absolute atomic E-state index is 0.0635. The minimum Gasteiger partial charge on any atom is -0.354 e. The van der Waals surface area contributed by atoms with Gasteiger partial charge in [0.1, 0.15) is 0 Å². The lowest BCUT2D eigenvalue weighted by Gasteiger charge is -2.13. The summed E-state index contributed by atoms with van der Waals surface area (Å²) >= 11 is 6.21. The van der Waals surface area contributed by atoms with E-state index < -0.39 is 0 Å². The smallest absolute Gasteiger partial charge is 0.263 e. The fourth-order valence-electron chi connectivity index (χ4n) is 3.43. The van der Waals surface area contributed by atoms with E-state index in [2.05, 4.69) is 10.3 Å². The van der Waals surface area contributed by atoms with E-state index in [0.29, 0.717) is 22.6 Å². The van der Waals surface area contributed by atoms with Gasteiger partial charge in [0.2, 0.25) is 5.91 Å². The molecule has 2 aromatic heterocycles. The van der Waals surface area contributed by atoms with Crippen molar-refractivity contribution in [1.29, 1.82) is 0 Å². The molecule has 0 saturated carbocycles. The van der Waals surface area contributed by atoms with Gasteiger partial charge in [-0.15, -0.1) is 0 Å². The Morgan fingerprint density at radius 3 is 2.69 bits per heavy atom. The van der Waals surface area contributed by atoms with Crippen LogP contribution in [0.25, 0.3) is 16.7 Å². The van der Waals surface area contributed by atoms with Crippen molar-refractivity contribution in [3.63, 3.8) is 0 Å². The molecule has 7 heteroatoms. The molecule has 1 N–H and O–H groups in total. The van der Waals surface area contributed by atoms with Crippen LogP contribution in [-0.4, -0.2) is 26.1 Å². The molecule has 0 fully saturated rings. The van der Waals surface area contributed by atoms with E-state index in [4.69, 9.17) is 11.6 Å². The average Bonchev–Trinajstić information content (AvgIpc) is 2.94. The Balaban J connectivity index is 2.02. The molecular weight excluding hydrogens is 388 g/mol. The second-order valence-electron chi connectivity index (χ2n) is 7.55. The molecule has 6 nitrogen and oxygen atoms in total. The Morgan fingerprint density at radius 2 is 2.00 bits per heavy atom. The van der Waals surface area contributed by atoms with Crippen LogP contribution in [0.1, 0.15) is 43.5 Å². The molecule has 2 heterocycles. The Morgan fingerprint density at radius 1 is 1.28 bits per heavy atom. The van der Waals surface area contributed by atoms with E-state index in [1.54, 1.807) is 0 Å². The van der Waals surface area contributed by atoms with Crippen LogP contribution in [0.3, 0.4) is 0 Å². The second kappa shape index (κ2) is 8.41. The third-order valence-electron chi connectivity index (χ3n) is 5.49. The first-order chi connectivity index (χ1) is 13.7. The average molecular weight is 415 g/mol. The summed E-state index contributed by atoms with van der Waals surface area (Å²) < 4.78 is 3.49. The minimum atomic E-state index is -0.134. The van der Waals surface area contributed by atoms with Crippen molar-refractivity contribution in [2.75, 3.05) is 0 Å². The Kier molecular flexibility index (Phi) is 6.13. The first kappa shape index (κ1) is 21.1. The molecular formula is C22H27ClN4O2. The molecule has 154 valence electrons. The molecule has 0 aliphatic carbocycles. The lowest BCUT2D eigenvalue weighted by molar-refractivity contribution is -0.121. The van der Waals surface area contributed by atoms with Gasteiger partial charge >= 0.3 is 0 Å². The number of fused-ring (bicyclic) bond motifs is 1. The van der Waals surface area contributed by atoms with Crippen LogP contribution >= 0.6 is 11.6 Å². The monoisotopic (exact) mass is 414 g/mol. The van der Waals surface area contributed by atoms with Crippen molar-refractivity contribution in [3.05, 3.63) is 56.7 Å². The highest BCUT2D eigenvalue weighted by Gasteiger charge is 2.19. The van der Waals surface area contributed by atoms with Crippen molar-refractivity contribution in [3.8, 4) is 5.69 Å². The van der Waals surface area contributed by atoms with Gasteiger partial charge in [0.25, 0.3) is 5.56 Å². The zero-order chi connectivity index (χ0) is 21.3. The molecule has 1 atom stereocenters. The van der Waals surface area contributed by atoms with Gasteiger partial charge in [0, 0.05) is 29.7 Å². The highest BCUT2D eigenvalue weighted by molar-refractivity contribution is 6.30. The number of hydrogen-bond acceptors (Lipinski definition) is 3. The number of aromatic nitrogens is 3. The summed E-state index contributed by atoms with van der Waals surface area (Å²) in [6.07, 6.45) is 2.63. The number of nitrogens with zero attached hydrogens (tertiary/aromatic N) is 3. The summed E-state index contributed by atoms with van der Waals surface area (Å²) in [7, 11) is 0. The number of carbonyl (C=O) groups is 1. The summed E-state index contributed by atoms with van der Waals surface area (Å²) in [6.45, 7) is 10.2. The topological polar surface area (TPSA) is 68.9 Å². The molecule has 3 aromatic rings. The lowest BCUT2D eigenvalue weighted by Crippen LogP contribution is -2.33. The van der Waals surface area contributed by atoms with Gasteiger partial charge in [-0.3, -0.25) is 18.7 Å². The molecule has 0 radical (unpaired) electrons. The van der Waals surface area contributed by atoms with Crippen molar-refractivity contribution in [1.82, 2.24) is 19.4 Å². The maximum atomic E-state index is 13.1. The quantitative estimate of drug-likeness (QED) is 0.661. The zero-order valence-corrected chi connectivity index (χ0v) is 18.3. The molecule has 0 saturated heterocycles. The first-order valence-corrected chi connectivity index (χ1v) is 10.2. The number of rotatable bonds is 6. The lowest BCUT2D eigenvalue weighted by atomic mass is 10.2. The maximum absolute atomic E-state index is 13.1. The van der Waals surface area contributed by atoms with Gasteiger partial charge < -0.3 is 5.32 Å². The number of aryl methyl sites for hydroxylation is 3. The van der Waals surface area contributed by atoms with Gasteiger partial charge in [-0.1, -0.05) is 24.6 Å². The molecule has 0 aliphatic rings. The van der Waals surface area contributed by atoms with E-state index >= 15 is 0 Å². The van der Waals surface area contributed by atoms with Crippen molar-refractivity contribution in [2.45, 2.75) is 60.0 Å². The first-order valence-electron chi connectivity index (χ1n) is 9.87. The summed E-state index contributed by atoms with van der Waals surface area (Å²) in [5.74, 6) is -0.0635. The van der Waals surface area contributed by atoms with Crippen molar-refractivity contribution < 1.29 is 4.79 Å². The molecule has 0 aliphatic heterocycles. The standard InChI is InChI=1S/C22H27ClN4O2/c1-6-14(3)25-19(28)9-10-26-12-24-21-20(22(26)29)15(4)16(5)27(21)18-11-17(23)8-7-13(18)2/h7-8,11-12,14H,6,9-10H2,1-5H3,(H,25,28)/t14-/m1/s1. The van der Waals surface area contributed by atoms with Crippen LogP contribution in [0.15, 0.2) is 29.3 Å². The molecule has 0 bridgehead atoms. The van der Waals surface area contributed by atoms with Gasteiger partial charge in [0.05, 0.1) is 17.4 Å². The third kappa shape index (κ3) is 4.08. The third-order valence-corrected chi connectivity index (χ3v) is 5.73. The number of benzene rings is 1. The van der Waals surface area contributed by atoms with Crippen LogP contribution in [0.2, 0.25) is 5.02 Å². The van der Waals surface area contributed by atoms with Gasteiger partial charge in [-0.2, -0.15) is 0 Å². The van der Waals surface area contributed by atoms with Crippen LogP contribution in [0, 0.1) is 20.8 Å². The maximum Gasteiger partial charge on any atom is 0.263 e. The fourth-order valence-corrected chi connectivity index (χ4v) is 3.60. The highest BCUT2D eigenvalue weighted by Crippen LogP contribution is 2.28. The zero-order valence-electron chi connectivity index (χ0n) is 17.5. The van der Waals surface area contributed by atoms with E-state index in [1.165, 1.54) is 10.9 Å². The molecule has 1 amide bonds. The van der Waals surface area contributed by atoms with Gasteiger partial charge in [0.15, 0.2) is 5.65 Å². The van der Waals surface area contributed by atoms with Crippen LogP contribution in [0.5, 0.6) is 0 Å². The molecule has 0 spiro atoms. The summed E-state index contributed by atoms with van der Waals surface area (Å²) in [6, 6.07) is 5.81. The number of halogens is 1. The number of carbonyl (C=O) groups excluding carboxylic acids is 1. The number of amides is 1. The van der Waals surface area contributed by atoms with Gasteiger partial charge in [-0.25, -0.2) is 4.98 Å². The van der Waals surface area contributed by atoms with Crippen molar-refractivity contribution >= 4 is 28.5 Å². The molecule has 29 heavy (non-hydrogen) atoms. The molecule has 0 unspecified atom stereocenters. The van der Waals surface area contributed by atoms with Crippen LogP contribution in [-0.2, 0) is 11.3 Å². The van der Waals surface area contributed by atoms with E-state index in [0.717, 1.165) is 28.9 Å². The summed E-state index contributed by atoms with van der Waals surface area (Å²) in [5, 5.41) is 4.13. The van der Waals surface area contributed by atoms with Gasteiger partial charge in [-0.05, 0) is 57.4 Å². The fraction of sp³-hybridized carbons (Fsp3) is 0.409.